The quantitative estimate of drug-likeness (QED) is 0.691. The van der Waals surface area contributed by atoms with E-state index in [-0.39, 0.29) is 11.8 Å². The number of carbonyl (C=O) groups excluding carboxylic acids is 1. The van der Waals surface area contributed by atoms with Gasteiger partial charge in [0.2, 0.25) is 0 Å². The Morgan fingerprint density at radius 1 is 1.40 bits per heavy atom. The molecule has 0 N–H and O–H groups in total. The zero-order chi connectivity index (χ0) is 10.7. The number of hydrogen-bond acceptors (Lipinski definition) is 2. The molecule has 2 heteroatoms. The first-order valence-electron chi connectivity index (χ1n) is 5.41. The molecule has 0 spiro atoms. The lowest BCUT2D eigenvalue weighted by Crippen LogP contribution is -2.27. The Morgan fingerprint density at radius 2 is 2.20 bits per heavy atom. The first-order chi connectivity index (χ1) is 7.33. The summed E-state index contributed by atoms with van der Waals surface area (Å²) >= 11 is 0. The monoisotopic (exact) mass is 204 g/mol. The highest BCUT2D eigenvalue weighted by Crippen LogP contribution is 2.31. The molecule has 80 valence electrons. The molecular formula is C13H16O2. The first kappa shape index (κ1) is 10.4. The van der Waals surface area contributed by atoms with Gasteiger partial charge < -0.3 is 9.53 Å². The van der Waals surface area contributed by atoms with E-state index in [4.69, 9.17) is 4.74 Å². The summed E-state index contributed by atoms with van der Waals surface area (Å²) in [5, 5.41) is 0. The summed E-state index contributed by atoms with van der Waals surface area (Å²) in [7, 11) is 0. The normalized spacial score (nSPS) is 26.2. The summed E-state index contributed by atoms with van der Waals surface area (Å²) in [5.74, 6) is 0.372. The van der Waals surface area contributed by atoms with E-state index < -0.39 is 0 Å². The lowest BCUT2D eigenvalue weighted by molar-refractivity contribution is -0.114. The van der Waals surface area contributed by atoms with E-state index in [1.165, 1.54) is 11.1 Å². The topological polar surface area (TPSA) is 26.3 Å². The molecule has 2 rings (SSSR count). The van der Waals surface area contributed by atoms with Gasteiger partial charge in [0, 0.05) is 18.4 Å². The summed E-state index contributed by atoms with van der Waals surface area (Å²) in [6.07, 6.45) is 1.93. The van der Waals surface area contributed by atoms with Crippen molar-refractivity contribution in [3.05, 3.63) is 35.4 Å². The Morgan fingerprint density at radius 3 is 2.93 bits per heavy atom. The van der Waals surface area contributed by atoms with Crippen LogP contribution in [0, 0.1) is 12.8 Å². The van der Waals surface area contributed by atoms with Gasteiger partial charge in [0.25, 0.3) is 0 Å². The van der Waals surface area contributed by atoms with Crippen molar-refractivity contribution < 1.29 is 9.53 Å². The average Bonchev–Trinajstić information content (AvgIpc) is 2.30. The molecule has 1 aliphatic rings. The van der Waals surface area contributed by atoms with Gasteiger partial charge in [-0.2, -0.15) is 0 Å². The molecule has 1 heterocycles. The Balaban J connectivity index is 2.28. The Bertz CT molecular complexity index is 346. The van der Waals surface area contributed by atoms with Crippen LogP contribution >= 0.6 is 0 Å². The number of aldehydes is 1. The van der Waals surface area contributed by atoms with Gasteiger partial charge in [0.1, 0.15) is 6.29 Å². The van der Waals surface area contributed by atoms with Crippen molar-refractivity contribution in [3.63, 3.8) is 0 Å². The van der Waals surface area contributed by atoms with Crippen molar-refractivity contribution in [1.29, 1.82) is 0 Å². The molecule has 1 saturated heterocycles. The number of benzene rings is 1. The Labute approximate surface area is 90.3 Å². The molecule has 0 bridgehead atoms. The first-order valence-corrected chi connectivity index (χ1v) is 5.41. The van der Waals surface area contributed by atoms with Crippen molar-refractivity contribution in [1.82, 2.24) is 0 Å². The third-order valence-corrected chi connectivity index (χ3v) is 3.17. The van der Waals surface area contributed by atoms with E-state index in [1.807, 2.05) is 12.1 Å². The van der Waals surface area contributed by atoms with Gasteiger partial charge in [-0.1, -0.05) is 24.3 Å². The second-order valence-corrected chi connectivity index (χ2v) is 4.13. The van der Waals surface area contributed by atoms with E-state index in [1.54, 1.807) is 0 Å². The van der Waals surface area contributed by atoms with Crippen molar-refractivity contribution in [2.75, 3.05) is 13.2 Å². The Kier molecular flexibility index (Phi) is 3.17. The molecule has 1 aliphatic heterocycles. The van der Waals surface area contributed by atoms with Crippen LogP contribution in [-0.4, -0.2) is 19.5 Å². The lowest BCUT2D eigenvalue weighted by Gasteiger charge is -2.29. The molecule has 1 aromatic rings. The van der Waals surface area contributed by atoms with E-state index in [9.17, 15) is 4.79 Å². The number of carbonyl (C=O) groups is 1. The van der Waals surface area contributed by atoms with Crippen LogP contribution in [-0.2, 0) is 9.53 Å². The standard InChI is InChI=1S/C13H16O2/c1-10-4-2-3-5-12(10)13-9-15-7-6-11(13)8-14/h2-5,8,11,13H,6-7,9H2,1H3. The third-order valence-electron chi connectivity index (χ3n) is 3.17. The molecule has 0 aromatic heterocycles. The van der Waals surface area contributed by atoms with Gasteiger partial charge in [-0.25, -0.2) is 0 Å². The van der Waals surface area contributed by atoms with Crippen molar-refractivity contribution in [3.8, 4) is 0 Å². The minimum absolute atomic E-state index is 0.125. The van der Waals surface area contributed by atoms with Crippen LogP contribution in [0.15, 0.2) is 24.3 Å². The smallest absolute Gasteiger partial charge is 0.123 e. The van der Waals surface area contributed by atoms with E-state index in [2.05, 4.69) is 19.1 Å². The molecule has 2 nitrogen and oxygen atoms in total. The highest BCUT2D eigenvalue weighted by molar-refractivity contribution is 5.56. The van der Waals surface area contributed by atoms with Crippen LogP contribution in [0.5, 0.6) is 0 Å². The van der Waals surface area contributed by atoms with Crippen LogP contribution in [0.4, 0.5) is 0 Å². The summed E-state index contributed by atoms with van der Waals surface area (Å²) < 4.78 is 5.46. The minimum Gasteiger partial charge on any atom is -0.381 e. The SMILES string of the molecule is Cc1ccccc1C1COCCC1C=O. The minimum atomic E-state index is 0.125. The molecule has 0 aliphatic carbocycles. The van der Waals surface area contributed by atoms with E-state index in [0.29, 0.717) is 13.2 Å². The highest BCUT2D eigenvalue weighted by atomic mass is 16.5. The fourth-order valence-corrected chi connectivity index (χ4v) is 2.24. The summed E-state index contributed by atoms with van der Waals surface area (Å²) in [6, 6.07) is 8.24. The predicted molar refractivity (Wildman–Crippen MR) is 58.9 cm³/mol. The zero-order valence-corrected chi connectivity index (χ0v) is 8.98. The fourth-order valence-electron chi connectivity index (χ4n) is 2.24. The predicted octanol–water partition coefficient (Wildman–Crippen LogP) is 2.31. The van der Waals surface area contributed by atoms with E-state index in [0.717, 1.165) is 12.7 Å². The van der Waals surface area contributed by atoms with Gasteiger partial charge in [0.15, 0.2) is 0 Å². The summed E-state index contributed by atoms with van der Waals surface area (Å²) in [6.45, 7) is 3.48. The van der Waals surface area contributed by atoms with Gasteiger partial charge in [0.05, 0.1) is 6.61 Å². The number of rotatable bonds is 2. The third kappa shape index (κ3) is 2.10. The molecule has 0 radical (unpaired) electrons. The Hall–Kier alpha value is -1.15. The highest BCUT2D eigenvalue weighted by Gasteiger charge is 2.27. The van der Waals surface area contributed by atoms with E-state index >= 15 is 0 Å². The maximum Gasteiger partial charge on any atom is 0.123 e. The van der Waals surface area contributed by atoms with Crippen LogP contribution < -0.4 is 0 Å². The average molecular weight is 204 g/mol. The molecule has 15 heavy (non-hydrogen) atoms. The molecular weight excluding hydrogens is 188 g/mol. The second-order valence-electron chi connectivity index (χ2n) is 4.13. The van der Waals surface area contributed by atoms with Crippen molar-refractivity contribution in [2.45, 2.75) is 19.3 Å². The fraction of sp³-hybridized carbons (Fsp3) is 0.462. The zero-order valence-electron chi connectivity index (χ0n) is 8.98. The van der Waals surface area contributed by atoms with Crippen LogP contribution in [0.2, 0.25) is 0 Å². The summed E-state index contributed by atoms with van der Waals surface area (Å²) in [4.78, 5) is 11.0. The van der Waals surface area contributed by atoms with Crippen molar-refractivity contribution >= 4 is 6.29 Å². The summed E-state index contributed by atoms with van der Waals surface area (Å²) in [5.41, 5.74) is 2.51. The van der Waals surface area contributed by atoms with Gasteiger partial charge in [-0.05, 0) is 24.5 Å². The van der Waals surface area contributed by atoms with Crippen LogP contribution in [0.1, 0.15) is 23.5 Å². The molecule has 1 aromatic carbocycles. The van der Waals surface area contributed by atoms with Crippen molar-refractivity contribution in [2.24, 2.45) is 5.92 Å². The molecule has 2 unspecified atom stereocenters. The van der Waals surface area contributed by atoms with Gasteiger partial charge in [-0.3, -0.25) is 0 Å². The maximum atomic E-state index is 11.0. The van der Waals surface area contributed by atoms with Crippen LogP contribution in [0.25, 0.3) is 0 Å². The molecule has 0 amide bonds. The van der Waals surface area contributed by atoms with Crippen LogP contribution in [0.3, 0.4) is 0 Å². The maximum absolute atomic E-state index is 11.0. The number of aryl methyl sites for hydroxylation is 1. The lowest BCUT2D eigenvalue weighted by atomic mass is 9.82. The van der Waals surface area contributed by atoms with Gasteiger partial charge >= 0.3 is 0 Å². The largest absolute Gasteiger partial charge is 0.381 e. The second kappa shape index (κ2) is 4.58. The number of ether oxygens (including phenoxy) is 1. The molecule has 2 atom stereocenters. The van der Waals surface area contributed by atoms with Gasteiger partial charge in [-0.15, -0.1) is 0 Å². The molecule has 1 fully saturated rings. The number of hydrogen-bond donors (Lipinski definition) is 0. The molecule has 0 saturated carbocycles.